The maximum atomic E-state index is 12.6. The Bertz CT molecular complexity index is 532. The van der Waals surface area contributed by atoms with Gasteiger partial charge >= 0.3 is 12.0 Å². The Morgan fingerprint density at radius 2 is 1.62 bits per heavy atom. The van der Waals surface area contributed by atoms with E-state index >= 15 is 0 Å². The van der Waals surface area contributed by atoms with Crippen LogP contribution in [0.2, 0.25) is 0 Å². The molecule has 1 aromatic carbocycles. The number of benzene rings is 1. The van der Waals surface area contributed by atoms with Crippen molar-refractivity contribution in [1.82, 2.24) is 4.90 Å². The molecule has 0 atom stereocenters. The fourth-order valence-corrected chi connectivity index (χ4v) is 2.32. The molecule has 0 radical (unpaired) electrons. The number of carbonyl (C=O) groups is 2. The molecule has 0 aliphatic heterocycles. The molecule has 1 N–H and O–H groups in total. The van der Waals surface area contributed by atoms with Crippen molar-refractivity contribution < 1.29 is 14.7 Å². The number of aryl methyl sites for hydroxylation is 2. The molecule has 0 aliphatic rings. The minimum Gasteiger partial charge on any atom is -0.480 e. The SMILES string of the molecule is CCN(C(=O)N(C)c1cc(C)cc(C)c1)C(C)(C)C(=O)O. The number of carboxylic acids is 1. The number of amides is 2. The van der Waals surface area contributed by atoms with Crippen molar-refractivity contribution in [3.05, 3.63) is 29.3 Å². The van der Waals surface area contributed by atoms with Crippen LogP contribution in [0.1, 0.15) is 31.9 Å². The summed E-state index contributed by atoms with van der Waals surface area (Å²) in [5.74, 6) is -1.02. The van der Waals surface area contributed by atoms with Gasteiger partial charge in [-0.15, -0.1) is 0 Å². The second-order valence-electron chi connectivity index (χ2n) is 5.80. The maximum absolute atomic E-state index is 12.6. The number of nitrogens with zero attached hydrogens (tertiary/aromatic N) is 2. The summed E-state index contributed by atoms with van der Waals surface area (Å²) in [6.07, 6.45) is 0. The third-order valence-corrected chi connectivity index (χ3v) is 3.63. The first-order chi connectivity index (χ1) is 9.61. The summed E-state index contributed by atoms with van der Waals surface area (Å²) < 4.78 is 0. The van der Waals surface area contributed by atoms with E-state index in [1.54, 1.807) is 14.0 Å². The van der Waals surface area contributed by atoms with Gasteiger partial charge in [0.05, 0.1) is 0 Å². The Morgan fingerprint density at radius 1 is 1.14 bits per heavy atom. The molecule has 5 nitrogen and oxygen atoms in total. The number of urea groups is 1. The average Bonchev–Trinajstić information content (AvgIpc) is 2.36. The maximum Gasteiger partial charge on any atom is 0.329 e. The lowest BCUT2D eigenvalue weighted by molar-refractivity contribution is -0.147. The van der Waals surface area contributed by atoms with Gasteiger partial charge in [0.1, 0.15) is 5.54 Å². The number of carbonyl (C=O) groups excluding carboxylic acids is 1. The number of hydrogen-bond donors (Lipinski definition) is 1. The molecule has 2 amide bonds. The highest BCUT2D eigenvalue weighted by atomic mass is 16.4. The summed E-state index contributed by atoms with van der Waals surface area (Å²) >= 11 is 0. The molecule has 0 saturated heterocycles. The van der Waals surface area contributed by atoms with E-state index in [4.69, 9.17) is 0 Å². The van der Waals surface area contributed by atoms with Gasteiger partial charge in [-0.2, -0.15) is 0 Å². The third kappa shape index (κ3) is 3.54. The van der Waals surface area contributed by atoms with Crippen LogP contribution in [-0.2, 0) is 4.79 Å². The molecule has 0 saturated carbocycles. The zero-order chi connectivity index (χ0) is 16.4. The molecule has 0 unspecified atom stereocenters. The average molecular weight is 292 g/mol. The molecule has 0 aliphatic carbocycles. The Hall–Kier alpha value is -2.04. The van der Waals surface area contributed by atoms with Gasteiger partial charge in [-0.25, -0.2) is 9.59 Å². The predicted octanol–water partition coefficient (Wildman–Crippen LogP) is 3.04. The van der Waals surface area contributed by atoms with Crippen molar-refractivity contribution in [1.29, 1.82) is 0 Å². The highest BCUT2D eigenvalue weighted by Crippen LogP contribution is 2.22. The second kappa shape index (κ2) is 6.16. The van der Waals surface area contributed by atoms with Gasteiger partial charge in [0.2, 0.25) is 0 Å². The summed E-state index contributed by atoms with van der Waals surface area (Å²) in [7, 11) is 1.66. The summed E-state index contributed by atoms with van der Waals surface area (Å²) in [5.41, 5.74) is 1.63. The summed E-state index contributed by atoms with van der Waals surface area (Å²) in [6.45, 7) is 9.10. The first-order valence-electron chi connectivity index (χ1n) is 6.98. The first-order valence-corrected chi connectivity index (χ1v) is 6.98. The monoisotopic (exact) mass is 292 g/mol. The molecular weight excluding hydrogens is 268 g/mol. The topological polar surface area (TPSA) is 60.9 Å². The van der Waals surface area contributed by atoms with Crippen molar-refractivity contribution in [3.8, 4) is 0 Å². The van der Waals surface area contributed by atoms with Gasteiger partial charge < -0.3 is 10.0 Å². The smallest absolute Gasteiger partial charge is 0.329 e. The van der Waals surface area contributed by atoms with Gasteiger partial charge in [0.15, 0.2) is 0 Å². The summed E-state index contributed by atoms with van der Waals surface area (Å²) in [4.78, 5) is 26.9. The quantitative estimate of drug-likeness (QED) is 0.927. The number of carboxylic acid groups (broad SMARTS) is 1. The van der Waals surface area contributed by atoms with Gasteiger partial charge in [-0.05, 0) is 57.9 Å². The van der Waals surface area contributed by atoms with E-state index in [-0.39, 0.29) is 6.03 Å². The Labute approximate surface area is 126 Å². The normalized spacial score (nSPS) is 11.1. The van der Waals surface area contributed by atoms with Crippen LogP contribution >= 0.6 is 0 Å². The Morgan fingerprint density at radius 3 is 2.00 bits per heavy atom. The van der Waals surface area contributed by atoms with E-state index in [0.29, 0.717) is 6.54 Å². The number of anilines is 1. The predicted molar refractivity (Wildman–Crippen MR) is 83.8 cm³/mol. The van der Waals surface area contributed by atoms with Crippen molar-refractivity contribution in [2.45, 2.75) is 40.2 Å². The van der Waals surface area contributed by atoms with E-state index in [1.807, 2.05) is 32.0 Å². The molecule has 1 aromatic rings. The van der Waals surface area contributed by atoms with E-state index in [9.17, 15) is 14.7 Å². The molecule has 0 aromatic heterocycles. The van der Waals surface area contributed by atoms with E-state index < -0.39 is 11.5 Å². The van der Waals surface area contributed by atoms with Crippen LogP contribution in [0.5, 0.6) is 0 Å². The van der Waals surface area contributed by atoms with Crippen molar-refractivity contribution in [2.75, 3.05) is 18.5 Å². The number of hydrogen-bond acceptors (Lipinski definition) is 2. The molecule has 0 heterocycles. The third-order valence-electron chi connectivity index (χ3n) is 3.63. The van der Waals surface area contributed by atoms with E-state index in [0.717, 1.165) is 16.8 Å². The van der Waals surface area contributed by atoms with Crippen molar-refractivity contribution in [3.63, 3.8) is 0 Å². The lowest BCUT2D eigenvalue weighted by Crippen LogP contribution is -2.56. The van der Waals surface area contributed by atoms with Crippen LogP contribution < -0.4 is 4.90 Å². The van der Waals surface area contributed by atoms with Crippen LogP contribution in [0.15, 0.2) is 18.2 Å². The van der Waals surface area contributed by atoms with Crippen LogP contribution in [0.4, 0.5) is 10.5 Å². The van der Waals surface area contributed by atoms with Gasteiger partial charge in [-0.1, -0.05) is 6.07 Å². The van der Waals surface area contributed by atoms with E-state index in [1.165, 1.54) is 23.6 Å². The van der Waals surface area contributed by atoms with Crippen LogP contribution in [0, 0.1) is 13.8 Å². The summed E-state index contributed by atoms with van der Waals surface area (Å²) in [5, 5.41) is 9.32. The Kier molecular flexibility index (Phi) is 4.99. The summed E-state index contributed by atoms with van der Waals surface area (Å²) in [6, 6.07) is 5.52. The molecular formula is C16H24N2O3. The lowest BCUT2D eigenvalue weighted by atomic mass is 10.0. The number of aliphatic carboxylic acids is 1. The fraction of sp³-hybridized carbons (Fsp3) is 0.500. The number of rotatable bonds is 4. The molecule has 21 heavy (non-hydrogen) atoms. The van der Waals surface area contributed by atoms with Crippen molar-refractivity contribution in [2.24, 2.45) is 0 Å². The molecule has 0 spiro atoms. The lowest BCUT2D eigenvalue weighted by Gasteiger charge is -2.37. The van der Waals surface area contributed by atoms with Crippen molar-refractivity contribution >= 4 is 17.7 Å². The zero-order valence-corrected chi connectivity index (χ0v) is 13.6. The second-order valence-corrected chi connectivity index (χ2v) is 5.80. The fourth-order valence-electron chi connectivity index (χ4n) is 2.32. The molecule has 0 fully saturated rings. The zero-order valence-electron chi connectivity index (χ0n) is 13.6. The largest absolute Gasteiger partial charge is 0.480 e. The van der Waals surface area contributed by atoms with Gasteiger partial charge in [0, 0.05) is 19.3 Å². The molecule has 0 bridgehead atoms. The molecule has 1 rings (SSSR count). The van der Waals surface area contributed by atoms with E-state index in [2.05, 4.69) is 0 Å². The standard InChI is InChI=1S/C16H24N2O3/c1-7-18(16(4,5)14(19)20)15(21)17(6)13-9-11(2)8-12(3)10-13/h8-10H,7H2,1-6H3,(H,19,20). The molecule has 5 heteroatoms. The first kappa shape index (κ1) is 17.0. The Balaban J connectivity index is 3.13. The number of likely N-dealkylation sites (N-methyl/N-ethyl adjacent to an activating group) is 1. The van der Waals surface area contributed by atoms with Crippen LogP contribution in [0.3, 0.4) is 0 Å². The highest BCUT2D eigenvalue weighted by molar-refractivity contribution is 5.95. The van der Waals surface area contributed by atoms with Gasteiger partial charge in [0.25, 0.3) is 0 Å². The molecule has 116 valence electrons. The van der Waals surface area contributed by atoms with Crippen LogP contribution in [0.25, 0.3) is 0 Å². The minimum absolute atomic E-state index is 0.324. The van der Waals surface area contributed by atoms with Gasteiger partial charge in [-0.3, -0.25) is 4.90 Å². The highest BCUT2D eigenvalue weighted by Gasteiger charge is 2.38. The minimum atomic E-state index is -1.25. The van der Waals surface area contributed by atoms with Crippen LogP contribution in [-0.4, -0.2) is 41.1 Å².